The third kappa shape index (κ3) is 3.53. The van der Waals surface area contributed by atoms with Crippen molar-refractivity contribution in [3.63, 3.8) is 0 Å². The summed E-state index contributed by atoms with van der Waals surface area (Å²) in [5.41, 5.74) is -0.0869. The molecule has 0 aliphatic carbocycles. The van der Waals surface area contributed by atoms with Crippen LogP contribution in [-0.4, -0.2) is 50.7 Å². The molecule has 2 fully saturated rings. The van der Waals surface area contributed by atoms with E-state index < -0.39 is 0 Å². The summed E-state index contributed by atoms with van der Waals surface area (Å²) in [7, 11) is 2.05. The summed E-state index contributed by atoms with van der Waals surface area (Å²) < 4.78 is 17.6. The molecule has 2 aliphatic heterocycles. The molecule has 0 saturated carbocycles. The van der Waals surface area contributed by atoms with Crippen LogP contribution in [0.1, 0.15) is 46.5 Å². The lowest BCUT2D eigenvalue weighted by atomic mass is 9.74. The van der Waals surface area contributed by atoms with Gasteiger partial charge in [-0.05, 0) is 59.4 Å². The first-order valence-electron chi connectivity index (χ1n) is 8.06. The Hall–Kier alpha value is -0.160. The first-order valence-corrected chi connectivity index (χ1v) is 8.06. The van der Waals surface area contributed by atoms with Gasteiger partial charge in [0.15, 0.2) is 0 Å². The molecule has 0 radical (unpaired) electrons. The van der Waals surface area contributed by atoms with Crippen LogP contribution in [0, 0.1) is 5.92 Å². The normalized spacial score (nSPS) is 28.5. The fourth-order valence-electron chi connectivity index (χ4n) is 4.05. The summed E-state index contributed by atoms with van der Waals surface area (Å²) in [5, 5.41) is 3.51. The Morgan fingerprint density at radius 2 is 2.00 bits per heavy atom. The molecular formula is C16H31NO3. The minimum Gasteiger partial charge on any atom is -0.381 e. The zero-order valence-corrected chi connectivity index (χ0v) is 13.5. The maximum absolute atomic E-state index is 6.16. The fourth-order valence-corrected chi connectivity index (χ4v) is 4.05. The van der Waals surface area contributed by atoms with E-state index in [1.165, 1.54) is 0 Å². The van der Waals surface area contributed by atoms with E-state index in [-0.39, 0.29) is 11.2 Å². The third-order valence-electron chi connectivity index (χ3n) is 4.98. The number of hydrogen-bond donors (Lipinski definition) is 1. The molecule has 0 aromatic carbocycles. The van der Waals surface area contributed by atoms with Gasteiger partial charge in [-0.2, -0.15) is 0 Å². The van der Waals surface area contributed by atoms with Gasteiger partial charge in [-0.3, -0.25) is 0 Å². The van der Waals surface area contributed by atoms with E-state index in [0.717, 1.165) is 52.1 Å². The molecule has 2 saturated heterocycles. The number of hydrogen-bond acceptors (Lipinski definition) is 4. The molecule has 2 atom stereocenters. The van der Waals surface area contributed by atoms with Crippen molar-refractivity contribution in [1.82, 2.24) is 5.32 Å². The number of ether oxygens (including phenoxy) is 3. The monoisotopic (exact) mass is 285 g/mol. The second kappa shape index (κ2) is 6.73. The molecule has 0 aromatic heterocycles. The van der Waals surface area contributed by atoms with Crippen LogP contribution in [0.25, 0.3) is 0 Å². The van der Waals surface area contributed by atoms with Crippen LogP contribution >= 0.6 is 0 Å². The maximum atomic E-state index is 6.16. The molecule has 20 heavy (non-hydrogen) atoms. The van der Waals surface area contributed by atoms with Gasteiger partial charge < -0.3 is 19.5 Å². The Labute approximate surface area is 123 Å². The first kappa shape index (κ1) is 16.2. The van der Waals surface area contributed by atoms with E-state index in [2.05, 4.69) is 33.1 Å². The Bertz CT molecular complexity index is 295. The number of rotatable bonds is 5. The van der Waals surface area contributed by atoms with E-state index in [4.69, 9.17) is 14.2 Å². The van der Waals surface area contributed by atoms with E-state index in [1.54, 1.807) is 0 Å². The fraction of sp³-hybridized carbons (Fsp3) is 1.00. The summed E-state index contributed by atoms with van der Waals surface area (Å²) in [6, 6.07) is 0.367. The Morgan fingerprint density at radius 3 is 2.60 bits per heavy atom. The molecule has 2 rings (SSSR count). The van der Waals surface area contributed by atoms with Crippen LogP contribution in [-0.2, 0) is 14.2 Å². The Kier molecular flexibility index (Phi) is 5.46. The van der Waals surface area contributed by atoms with Crippen molar-refractivity contribution in [2.75, 3.05) is 33.5 Å². The van der Waals surface area contributed by atoms with Gasteiger partial charge in [0.05, 0.1) is 11.2 Å². The summed E-state index contributed by atoms with van der Waals surface area (Å²) >= 11 is 0. The van der Waals surface area contributed by atoms with E-state index in [9.17, 15) is 0 Å². The molecule has 4 nitrogen and oxygen atoms in total. The molecule has 1 N–H and O–H groups in total. The van der Waals surface area contributed by atoms with Crippen LogP contribution in [0.4, 0.5) is 0 Å². The number of nitrogens with one attached hydrogen (secondary N) is 1. The highest BCUT2D eigenvalue weighted by Crippen LogP contribution is 2.40. The quantitative estimate of drug-likeness (QED) is 0.842. The molecular weight excluding hydrogens is 254 g/mol. The molecule has 2 heterocycles. The van der Waals surface area contributed by atoms with E-state index >= 15 is 0 Å². The van der Waals surface area contributed by atoms with Crippen molar-refractivity contribution < 1.29 is 14.2 Å². The Balaban J connectivity index is 2.06. The minimum absolute atomic E-state index is 0.0541. The van der Waals surface area contributed by atoms with Crippen molar-refractivity contribution in [3.8, 4) is 0 Å². The van der Waals surface area contributed by atoms with Crippen molar-refractivity contribution in [2.45, 2.75) is 63.7 Å². The molecule has 2 aliphatic rings. The lowest BCUT2D eigenvalue weighted by Crippen LogP contribution is -2.56. The summed E-state index contributed by atoms with van der Waals surface area (Å²) in [4.78, 5) is 0. The standard InChI is InChI=1S/C16H31NO3/c1-5-19-15(2,3)14(17-4)13-6-9-20-16(12-13)7-10-18-11-8-16/h13-14,17H,5-12H2,1-4H3. The van der Waals surface area contributed by atoms with Gasteiger partial charge in [0.25, 0.3) is 0 Å². The van der Waals surface area contributed by atoms with Gasteiger partial charge in [-0.15, -0.1) is 0 Å². The predicted molar refractivity (Wildman–Crippen MR) is 80.0 cm³/mol. The largest absolute Gasteiger partial charge is 0.381 e. The minimum atomic E-state index is -0.141. The average molecular weight is 285 g/mol. The second-order valence-corrected chi connectivity index (χ2v) is 6.70. The topological polar surface area (TPSA) is 39.7 Å². The van der Waals surface area contributed by atoms with Gasteiger partial charge in [-0.1, -0.05) is 0 Å². The molecule has 1 spiro atoms. The molecule has 0 aromatic rings. The highest BCUT2D eigenvalue weighted by molar-refractivity contribution is 4.97. The lowest BCUT2D eigenvalue weighted by molar-refractivity contribution is -0.160. The highest BCUT2D eigenvalue weighted by atomic mass is 16.5. The van der Waals surface area contributed by atoms with Crippen molar-refractivity contribution in [2.24, 2.45) is 5.92 Å². The zero-order valence-electron chi connectivity index (χ0n) is 13.5. The van der Waals surface area contributed by atoms with Gasteiger partial charge in [0.2, 0.25) is 0 Å². The third-order valence-corrected chi connectivity index (χ3v) is 4.98. The van der Waals surface area contributed by atoms with Crippen molar-refractivity contribution in [3.05, 3.63) is 0 Å². The molecule has 2 unspecified atom stereocenters. The van der Waals surface area contributed by atoms with Crippen LogP contribution in [0.5, 0.6) is 0 Å². The first-order chi connectivity index (χ1) is 9.53. The number of likely N-dealkylation sites (N-methyl/N-ethyl adjacent to an activating group) is 1. The van der Waals surface area contributed by atoms with Gasteiger partial charge in [0, 0.05) is 32.5 Å². The molecule has 0 amide bonds. The zero-order chi connectivity index (χ0) is 14.6. The second-order valence-electron chi connectivity index (χ2n) is 6.70. The average Bonchev–Trinajstić information content (AvgIpc) is 2.40. The lowest BCUT2D eigenvalue weighted by Gasteiger charge is -2.48. The molecule has 4 heteroatoms. The molecule has 118 valence electrons. The summed E-state index contributed by atoms with van der Waals surface area (Å²) in [6.45, 7) is 9.77. The Morgan fingerprint density at radius 1 is 1.30 bits per heavy atom. The van der Waals surface area contributed by atoms with Crippen LogP contribution in [0.3, 0.4) is 0 Å². The molecule has 0 bridgehead atoms. The van der Waals surface area contributed by atoms with Gasteiger partial charge >= 0.3 is 0 Å². The van der Waals surface area contributed by atoms with E-state index in [1.807, 2.05) is 0 Å². The smallest absolute Gasteiger partial charge is 0.0781 e. The van der Waals surface area contributed by atoms with E-state index in [0.29, 0.717) is 12.0 Å². The predicted octanol–water partition coefficient (Wildman–Crippen LogP) is 2.37. The van der Waals surface area contributed by atoms with Gasteiger partial charge in [-0.25, -0.2) is 0 Å². The van der Waals surface area contributed by atoms with Crippen LogP contribution in [0.15, 0.2) is 0 Å². The van der Waals surface area contributed by atoms with Crippen molar-refractivity contribution in [1.29, 1.82) is 0 Å². The van der Waals surface area contributed by atoms with Crippen LogP contribution in [0.2, 0.25) is 0 Å². The maximum Gasteiger partial charge on any atom is 0.0781 e. The summed E-state index contributed by atoms with van der Waals surface area (Å²) in [6.07, 6.45) is 4.31. The summed E-state index contributed by atoms with van der Waals surface area (Å²) in [5.74, 6) is 0.605. The van der Waals surface area contributed by atoms with Crippen molar-refractivity contribution >= 4 is 0 Å². The van der Waals surface area contributed by atoms with Gasteiger partial charge in [0.1, 0.15) is 0 Å². The SMILES string of the molecule is CCOC(C)(C)C(NC)C1CCOC2(CCOCC2)C1. The highest BCUT2D eigenvalue weighted by Gasteiger charge is 2.44. The van der Waals surface area contributed by atoms with Crippen LogP contribution < -0.4 is 5.32 Å².